The number of nitrogens with one attached hydrogen (secondary N) is 1. The Morgan fingerprint density at radius 2 is 1.79 bits per heavy atom. The Hall–Kier alpha value is -1.15. The van der Waals surface area contributed by atoms with Crippen LogP contribution in [0.5, 0.6) is 0 Å². The van der Waals surface area contributed by atoms with Crippen molar-refractivity contribution < 1.29 is 4.79 Å². The summed E-state index contributed by atoms with van der Waals surface area (Å²) in [7, 11) is 0. The maximum absolute atomic E-state index is 12.6. The summed E-state index contributed by atoms with van der Waals surface area (Å²) in [5.41, 5.74) is 4.58. The van der Waals surface area contributed by atoms with Gasteiger partial charge in [0, 0.05) is 5.56 Å². The molecular weight excluding hydrogens is 234 g/mol. The molecule has 1 saturated heterocycles. The number of aryl methyl sites for hydroxylation is 2. The molecule has 104 valence electrons. The minimum absolute atomic E-state index is 0.0258. The van der Waals surface area contributed by atoms with E-state index in [0.29, 0.717) is 0 Å². The molecule has 1 aromatic carbocycles. The number of hydrogen-bond donors (Lipinski definition) is 1. The van der Waals surface area contributed by atoms with Gasteiger partial charge in [-0.15, -0.1) is 0 Å². The summed E-state index contributed by atoms with van der Waals surface area (Å²) in [6, 6.07) is 4.38. The van der Waals surface area contributed by atoms with Crippen LogP contribution >= 0.6 is 0 Å². The lowest BCUT2D eigenvalue weighted by atomic mass is 9.82. The van der Waals surface area contributed by atoms with Crippen LogP contribution in [0.2, 0.25) is 0 Å². The van der Waals surface area contributed by atoms with Crippen molar-refractivity contribution in [3.63, 3.8) is 0 Å². The number of rotatable bonds is 2. The quantitative estimate of drug-likeness (QED) is 0.823. The highest BCUT2D eigenvalue weighted by Crippen LogP contribution is 2.28. The third-order valence-electron chi connectivity index (χ3n) is 4.02. The lowest BCUT2D eigenvalue weighted by Crippen LogP contribution is -2.32. The van der Waals surface area contributed by atoms with Gasteiger partial charge >= 0.3 is 0 Å². The number of carbonyl (C=O) groups is 1. The van der Waals surface area contributed by atoms with E-state index in [1.165, 1.54) is 5.56 Å². The molecule has 0 bridgehead atoms. The summed E-state index contributed by atoms with van der Waals surface area (Å²) >= 11 is 0. The van der Waals surface area contributed by atoms with E-state index < -0.39 is 0 Å². The zero-order valence-electron chi connectivity index (χ0n) is 12.8. The fraction of sp³-hybridized carbons (Fsp3) is 0.588. The molecule has 19 heavy (non-hydrogen) atoms. The summed E-state index contributed by atoms with van der Waals surface area (Å²) < 4.78 is 0. The van der Waals surface area contributed by atoms with Gasteiger partial charge in [-0.05, 0) is 55.3 Å². The predicted molar refractivity (Wildman–Crippen MR) is 80.0 cm³/mol. The van der Waals surface area contributed by atoms with Gasteiger partial charge in [-0.3, -0.25) is 4.79 Å². The van der Waals surface area contributed by atoms with Crippen LogP contribution in [0.3, 0.4) is 0 Å². The summed E-state index contributed by atoms with van der Waals surface area (Å²) in [5.74, 6) is 0.271. The normalized spacial score (nSPS) is 19.7. The Bertz CT molecular complexity index is 467. The molecule has 1 N–H and O–H groups in total. The van der Waals surface area contributed by atoms with Crippen molar-refractivity contribution >= 4 is 5.78 Å². The molecule has 1 atom stereocenters. The third-order valence-corrected chi connectivity index (χ3v) is 4.02. The van der Waals surface area contributed by atoms with Gasteiger partial charge in [0.15, 0.2) is 5.78 Å². The average molecular weight is 259 g/mol. The van der Waals surface area contributed by atoms with Crippen molar-refractivity contribution in [1.82, 2.24) is 5.32 Å². The first-order valence-corrected chi connectivity index (χ1v) is 7.20. The molecule has 0 spiro atoms. The van der Waals surface area contributed by atoms with E-state index in [9.17, 15) is 4.79 Å². The molecule has 2 nitrogen and oxygen atoms in total. The highest BCUT2D eigenvalue weighted by Gasteiger charge is 2.26. The highest BCUT2D eigenvalue weighted by molar-refractivity contribution is 6.02. The maximum Gasteiger partial charge on any atom is 0.180 e. The van der Waals surface area contributed by atoms with Crippen molar-refractivity contribution in [3.05, 3.63) is 34.4 Å². The van der Waals surface area contributed by atoms with Gasteiger partial charge in [0.1, 0.15) is 0 Å². The van der Waals surface area contributed by atoms with Crippen LogP contribution < -0.4 is 5.32 Å². The van der Waals surface area contributed by atoms with Gasteiger partial charge in [0.25, 0.3) is 0 Å². The second kappa shape index (κ2) is 5.09. The van der Waals surface area contributed by atoms with Gasteiger partial charge in [0.05, 0.1) is 6.04 Å². The smallest absolute Gasteiger partial charge is 0.180 e. The van der Waals surface area contributed by atoms with Crippen LogP contribution in [0.15, 0.2) is 12.1 Å². The molecule has 2 heteroatoms. The monoisotopic (exact) mass is 259 g/mol. The third kappa shape index (κ3) is 2.89. The number of hydrogen-bond acceptors (Lipinski definition) is 2. The molecule has 1 unspecified atom stereocenters. The number of carbonyl (C=O) groups excluding carboxylic acids is 1. The van der Waals surface area contributed by atoms with E-state index in [1.54, 1.807) is 0 Å². The Labute approximate surface area is 116 Å². The van der Waals surface area contributed by atoms with Crippen LogP contribution in [0, 0.1) is 13.8 Å². The fourth-order valence-corrected chi connectivity index (χ4v) is 2.87. The first-order chi connectivity index (χ1) is 8.80. The lowest BCUT2D eigenvalue weighted by molar-refractivity contribution is 0.0951. The fourth-order valence-electron chi connectivity index (χ4n) is 2.87. The van der Waals surface area contributed by atoms with E-state index in [1.807, 2.05) is 0 Å². The molecular formula is C17H25NO. The van der Waals surface area contributed by atoms with Crippen molar-refractivity contribution in [2.24, 2.45) is 0 Å². The first-order valence-electron chi connectivity index (χ1n) is 7.20. The molecule has 1 aliphatic rings. The predicted octanol–water partition coefficient (Wildman–Crippen LogP) is 3.54. The summed E-state index contributed by atoms with van der Waals surface area (Å²) in [6.07, 6.45) is 2.08. The van der Waals surface area contributed by atoms with Crippen LogP contribution in [-0.2, 0) is 5.41 Å². The van der Waals surface area contributed by atoms with Crippen molar-refractivity contribution in [2.45, 2.75) is 58.9 Å². The Morgan fingerprint density at radius 3 is 2.21 bits per heavy atom. The SMILES string of the molecule is Cc1cc(C(C)(C)C)cc(C)c1C(=O)C1CCCN1. The van der Waals surface area contributed by atoms with Gasteiger partial charge in [-0.2, -0.15) is 0 Å². The Morgan fingerprint density at radius 1 is 1.21 bits per heavy atom. The van der Waals surface area contributed by atoms with Crippen molar-refractivity contribution in [3.8, 4) is 0 Å². The van der Waals surface area contributed by atoms with Gasteiger partial charge in [-0.1, -0.05) is 32.9 Å². The van der Waals surface area contributed by atoms with E-state index in [2.05, 4.69) is 52.1 Å². The molecule has 2 rings (SSSR count). The molecule has 0 aromatic heterocycles. The molecule has 1 fully saturated rings. The van der Waals surface area contributed by atoms with E-state index >= 15 is 0 Å². The maximum atomic E-state index is 12.6. The number of ketones is 1. The zero-order valence-corrected chi connectivity index (χ0v) is 12.8. The Kier molecular flexibility index (Phi) is 3.82. The number of benzene rings is 1. The lowest BCUT2D eigenvalue weighted by Gasteiger charge is -2.23. The first kappa shape index (κ1) is 14.3. The molecule has 0 amide bonds. The zero-order chi connectivity index (χ0) is 14.2. The molecule has 0 radical (unpaired) electrons. The van der Waals surface area contributed by atoms with Crippen molar-refractivity contribution in [1.29, 1.82) is 0 Å². The summed E-state index contributed by atoms with van der Waals surface area (Å²) in [6.45, 7) is 11.7. The molecule has 0 aliphatic carbocycles. The van der Waals surface area contributed by atoms with Crippen LogP contribution in [-0.4, -0.2) is 18.4 Å². The van der Waals surface area contributed by atoms with Crippen LogP contribution in [0.25, 0.3) is 0 Å². The average Bonchev–Trinajstić information content (AvgIpc) is 2.79. The second-order valence-electron chi connectivity index (χ2n) is 6.75. The molecule has 1 aliphatic heterocycles. The Balaban J connectivity index is 2.39. The standard InChI is InChI=1S/C17H25NO/c1-11-9-13(17(3,4)5)10-12(2)15(11)16(19)14-7-6-8-18-14/h9-10,14,18H,6-8H2,1-5H3. The molecule has 1 heterocycles. The van der Waals surface area contributed by atoms with Crippen LogP contribution in [0.1, 0.15) is 60.7 Å². The van der Waals surface area contributed by atoms with Gasteiger partial charge in [0.2, 0.25) is 0 Å². The molecule has 0 saturated carbocycles. The summed E-state index contributed by atoms with van der Waals surface area (Å²) in [4.78, 5) is 12.6. The van der Waals surface area contributed by atoms with Gasteiger partial charge < -0.3 is 5.32 Å². The minimum Gasteiger partial charge on any atom is -0.307 e. The van der Waals surface area contributed by atoms with Crippen LogP contribution in [0.4, 0.5) is 0 Å². The van der Waals surface area contributed by atoms with E-state index in [-0.39, 0.29) is 17.2 Å². The van der Waals surface area contributed by atoms with E-state index in [0.717, 1.165) is 36.1 Å². The molecule has 1 aromatic rings. The van der Waals surface area contributed by atoms with E-state index in [4.69, 9.17) is 0 Å². The highest BCUT2D eigenvalue weighted by atomic mass is 16.1. The van der Waals surface area contributed by atoms with Crippen molar-refractivity contribution in [2.75, 3.05) is 6.54 Å². The summed E-state index contributed by atoms with van der Waals surface area (Å²) in [5, 5.41) is 3.30. The number of Topliss-reactive ketones (excluding diaryl/α,β-unsaturated/α-hetero) is 1. The minimum atomic E-state index is 0.0258. The van der Waals surface area contributed by atoms with Gasteiger partial charge in [-0.25, -0.2) is 0 Å². The second-order valence-corrected chi connectivity index (χ2v) is 6.75. The largest absolute Gasteiger partial charge is 0.307 e. The topological polar surface area (TPSA) is 29.1 Å².